The lowest BCUT2D eigenvalue weighted by atomic mass is 10.0. The van der Waals surface area contributed by atoms with Gasteiger partial charge in [-0.05, 0) is 68.1 Å². The van der Waals surface area contributed by atoms with Gasteiger partial charge in [0.1, 0.15) is 0 Å². The van der Waals surface area contributed by atoms with Crippen molar-refractivity contribution in [2.75, 3.05) is 28.4 Å². The molecule has 170 valence electrons. The van der Waals surface area contributed by atoms with E-state index in [4.69, 9.17) is 18.9 Å². The average molecular weight is 467 g/mol. The van der Waals surface area contributed by atoms with Crippen molar-refractivity contribution in [3.05, 3.63) is 46.5 Å². The molecule has 4 nitrogen and oxygen atoms in total. The van der Waals surface area contributed by atoms with E-state index in [1.54, 1.807) is 28.4 Å². The minimum atomic E-state index is -1.74. The van der Waals surface area contributed by atoms with Crippen LogP contribution in [0.2, 0.25) is 39.3 Å². The number of methoxy groups -OCH3 is 4. The maximum absolute atomic E-state index is 5.72. The lowest BCUT2D eigenvalue weighted by molar-refractivity contribution is 0.355. The minimum Gasteiger partial charge on any atom is -0.493 e. The van der Waals surface area contributed by atoms with E-state index in [9.17, 15) is 0 Å². The van der Waals surface area contributed by atoms with Gasteiger partial charge in [0.25, 0.3) is 0 Å². The zero-order chi connectivity index (χ0) is 23.6. The molecule has 0 amide bonds. The van der Waals surface area contributed by atoms with Gasteiger partial charge in [0.15, 0.2) is 23.0 Å². The molecule has 2 aromatic carbocycles. The standard InChI is InChI=1S/C26H34O4Si2/c1-27-19-11-15-17(13-21(19)29-3)25(31(5,6)7)24-16-12-20(28-2)22(30-4)14-18(16)26(23(15)24)32(8,9)10/h11-14H,1-10H3. The van der Waals surface area contributed by atoms with E-state index < -0.39 is 16.1 Å². The van der Waals surface area contributed by atoms with Crippen LogP contribution in [0.5, 0.6) is 23.0 Å². The Balaban J connectivity index is 2.20. The molecular weight excluding hydrogens is 432 g/mol. The molecule has 0 atom stereocenters. The summed E-state index contributed by atoms with van der Waals surface area (Å²) < 4.78 is 22.8. The van der Waals surface area contributed by atoms with Crippen molar-refractivity contribution >= 4 is 37.7 Å². The Morgan fingerprint density at radius 1 is 0.438 bits per heavy atom. The molecule has 32 heavy (non-hydrogen) atoms. The highest BCUT2D eigenvalue weighted by Crippen LogP contribution is 2.61. The van der Waals surface area contributed by atoms with Gasteiger partial charge in [-0.15, -0.1) is 0 Å². The second-order valence-corrected chi connectivity index (χ2v) is 20.5. The van der Waals surface area contributed by atoms with Gasteiger partial charge in [-0.25, -0.2) is 0 Å². The monoisotopic (exact) mass is 466 g/mol. The van der Waals surface area contributed by atoms with Crippen molar-refractivity contribution in [1.29, 1.82) is 0 Å². The molecular formula is C26H34O4Si2. The van der Waals surface area contributed by atoms with E-state index in [0.717, 1.165) is 23.0 Å². The Kier molecular flexibility index (Phi) is 5.37. The summed E-state index contributed by atoms with van der Waals surface area (Å²) in [5.74, 6) is 3.11. The summed E-state index contributed by atoms with van der Waals surface area (Å²) in [7, 11) is 3.36. The molecule has 0 heterocycles. The van der Waals surface area contributed by atoms with Crippen molar-refractivity contribution in [1.82, 2.24) is 0 Å². The van der Waals surface area contributed by atoms with E-state index in [1.165, 1.54) is 43.8 Å². The summed E-state index contributed by atoms with van der Waals surface area (Å²) in [5, 5.41) is 2.95. The van der Waals surface area contributed by atoms with Crippen LogP contribution in [0.25, 0.3) is 21.5 Å². The third kappa shape index (κ3) is 3.23. The van der Waals surface area contributed by atoms with Crippen LogP contribution in [-0.4, -0.2) is 44.6 Å². The highest BCUT2D eigenvalue weighted by atomic mass is 28.3. The predicted octanol–water partition coefficient (Wildman–Crippen LogP) is 6.62. The van der Waals surface area contributed by atoms with Crippen molar-refractivity contribution < 1.29 is 18.9 Å². The van der Waals surface area contributed by atoms with Gasteiger partial charge in [0.2, 0.25) is 0 Å². The Labute approximate surface area is 193 Å². The first-order chi connectivity index (χ1) is 15.0. The van der Waals surface area contributed by atoms with Crippen LogP contribution in [0.1, 0.15) is 22.3 Å². The number of hydrogen-bond acceptors (Lipinski definition) is 4. The van der Waals surface area contributed by atoms with Crippen LogP contribution in [0.15, 0.2) is 24.3 Å². The third-order valence-corrected chi connectivity index (χ3v) is 10.4. The van der Waals surface area contributed by atoms with Crippen LogP contribution in [0.4, 0.5) is 0 Å². The van der Waals surface area contributed by atoms with Crippen LogP contribution in [-0.2, 0) is 0 Å². The van der Waals surface area contributed by atoms with E-state index in [0.29, 0.717) is 0 Å². The van der Waals surface area contributed by atoms with Crippen molar-refractivity contribution in [2.45, 2.75) is 39.3 Å². The summed E-state index contributed by atoms with van der Waals surface area (Å²) in [6.45, 7) is 14.5. The molecule has 2 aliphatic rings. The molecule has 0 fully saturated rings. The van der Waals surface area contributed by atoms with Crippen LogP contribution in [0.3, 0.4) is 0 Å². The fraction of sp³-hybridized carbons (Fsp3) is 0.385. The SMILES string of the molecule is COc1cc2c(cc1OC)C([Si](C)(C)C)=C1C2=C([Si](C)(C)C)c2cc(OC)c(OC)cc21. The molecule has 0 saturated heterocycles. The number of rotatable bonds is 6. The molecule has 4 rings (SSSR count). The molecule has 2 aliphatic carbocycles. The second-order valence-electron chi connectivity index (χ2n) is 10.5. The Bertz CT molecular complexity index is 1080. The van der Waals surface area contributed by atoms with Gasteiger partial charge in [0, 0.05) is 0 Å². The number of allylic oxidation sites excluding steroid dienone is 2. The lowest BCUT2D eigenvalue weighted by Gasteiger charge is -2.24. The molecule has 0 unspecified atom stereocenters. The molecule has 0 bridgehead atoms. The topological polar surface area (TPSA) is 36.9 Å². The van der Waals surface area contributed by atoms with Crippen LogP contribution < -0.4 is 18.9 Å². The molecule has 0 spiro atoms. The summed E-state index contributed by atoms with van der Waals surface area (Å²) in [4.78, 5) is 0. The van der Waals surface area contributed by atoms with Crippen LogP contribution in [0, 0.1) is 0 Å². The first-order valence-corrected chi connectivity index (χ1v) is 18.0. The average Bonchev–Trinajstić information content (AvgIpc) is 3.22. The van der Waals surface area contributed by atoms with Crippen molar-refractivity contribution in [2.24, 2.45) is 0 Å². The second kappa shape index (κ2) is 7.56. The normalized spacial score (nSPS) is 14.9. The maximum atomic E-state index is 5.72. The predicted molar refractivity (Wildman–Crippen MR) is 139 cm³/mol. The molecule has 6 heteroatoms. The number of benzene rings is 2. The summed E-state index contributed by atoms with van der Waals surface area (Å²) in [6.07, 6.45) is 0. The molecule has 0 aromatic heterocycles. The number of hydrogen-bond donors (Lipinski definition) is 0. The lowest BCUT2D eigenvalue weighted by Crippen LogP contribution is -2.23. The molecule has 2 aromatic rings. The summed E-state index contributed by atoms with van der Waals surface area (Å²) >= 11 is 0. The minimum absolute atomic E-state index is 0.774. The smallest absolute Gasteiger partial charge is 0.161 e. The highest BCUT2D eigenvalue weighted by Gasteiger charge is 2.44. The van der Waals surface area contributed by atoms with Crippen molar-refractivity contribution in [3.63, 3.8) is 0 Å². The van der Waals surface area contributed by atoms with Gasteiger partial charge >= 0.3 is 0 Å². The highest BCUT2D eigenvalue weighted by molar-refractivity contribution is 6.99. The van der Waals surface area contributed by atoms with Gasteiger partial charge in [-0.2, -0.15) is 0 Å². The first-order valence-electron chi connectivity index (χ1n) is 11.0. The number of ether oxygens (including phenoxy) is 4. The Morgan fingerprint density at radius 3 is 0.906 bits per heavy atom. The first kappa shape index (κ1) is 22.7. The van der Waals surface area contributed by atoms with E-state index in [-0.39, 0.29) is 0 Å². The molecule has 0 aliphatic heterocycles. The van der Waals surface area contributed by atoms with Gasteiger partial charge < -0.3 is 18.9 Å². The largest absolute Gasteiger partial charge is 0.493 e. The van der Waals surface area contributed by atoms with Crippen molar-refractivity contribution in [3.8, 4) is 23.0 Å². The van der Waals surface area contributed by atoms with E-state index >= 15 is 0 Å². The maximum Gasteiger partial charge on any atom is 0.161 e. The third-order valence-electron chi connectivity index (χ3n) is 6.37. The van der Waals surface area contributed by atoms with Gasteiger partial charge in [-0.3, -0.25) is 0 Å². The fourth-order valence-electron chi connectivity index (χ4n) is 5.20. The summed E-state index contributed by atoms with van der Waals surface area (Å²) in [5.41, 5.74) is 7.87. The van der Waals surface area contributed by atoms with Gasteiger partial charge in [0.05, 0.1) is 44.6 Å². The zero-order valence-electron chi connectivity index (χ0n) is 20.9. The summed E-state index contributed by atoms with van der Waals surface area (Å²) in [6, 6.07) is 8.72. The zero-order valence-corrected chi connectivity index (χ0v) is 22.9. The fourth-order valence-corrected chi connectivity index (χ4v) is 9.25. The molecule has 0 radical (unpaired) electrons. The Morgan fingerprint density at radius 2 is 0.688 bits per heavy atom. The quantitative estimate of drug-likeness (QED) is 0.448. The molecule has 0 saturated carbocycles. The Hall–Kier alpha value is -2.45. The molecule has 0 N–H and O–H groups in total. The van der Waals surface area contributed by atoms with E-state index in [1.807, 2.05) is 0 Å². The van der Waals surface area contributed by atoms with Crippen LogP contribution >= 0.6 is 0 Å². The van der Waals surface area contributed by atoms with Gasteiger partial charge in [-0.1, -0.05) is 39.3 Å². The number of fused-ring (bicyclic) bond motifs is 5. The van der Waals surface area contributed by atoms with E-state index in [2.05, 4.69) is 63.5 Å².